The Hall–Kier alpha value is -1.54. The number of thioether (sulfide) groups is 1. The van der Waals surface area contributed by atoms with Crippen molar-refractivity contribution in [3.63, 3.8) is 0 Å². The number of nitrogens with zero attached hydrogens (tertiary/aromatic N) is 4. The van der Waals surface area contributed by atoms with Crippen molar-refractivity contribution >= 4 is 34.1 Å². The summed E-state index contributed by atoms with van der Waals surface area (Å²) in [6.45, 7) is 7.48. The van der Waals surface area contributed by atoms with Crippen LogP contribution in [0.15, 0.2) is 11.2 Å². The number of rotatable bonds is 4. The Morgan fingerprint density at radius 1 is 1.25 bits per heavy atom. The van der Waals surface area contributed by atoms with Gasteiger partial charge in [-0.25, -0.2) is 9.97 Å². The topological polar surface area (TPSA) is 80.7 Å². The molecule has 0 bridgehead atoms. The molecular weight excluding hydrogens is 294 g/mol. The van der Waals surface area contributed by atoms with Gasteiger partial charge in [0.05, 0.1) is 5.25 Å². The Bertz CT molecular complexity index is 608. The highest BCUT2D eigenvalue weighted by Crippen LogP contribution is 2.22. The Morgan fingerprint density at radius 3 is 2.45 bits per heavy atom. The molecule has 1 N–H and O–H groups in total. The zero-order valence-electron chi connectivity index (χ0n) is 11.7. The number of aromatic nitrogens is 4. The maximum atomic E-state index is 12.0. The molecule has 1 amide bonds. The largest absolute Gasteiger partial charge is 0.300 e. The second-order valence-corrected chi connectivity index (χ2v) is 6.80. The first-order valence-electron chi connectivity index (χ1n) is 6.04. The summed E-state index contributed by atoms with van der Waals surface area (Å²) >= 11 is 2.68. The van der Waals surface area contributed by atoms with Gasteiger partial charge < -0.3 is 0 Å². The van der Waals surface area contributed by atoms with Gasteiger partial charge in [-0.1, -0.05) is 23.1 Å². The zero-order valence-corrected chi connectivity index (χ0v) is 13.3. The second kappa shape index (κ2) is 6.27. The van der Waals surface area contributed by atoms with Crippen LogP contribution in [0.25, 0.3) is 0 Å². The molecule has 0 saturated heterocycles. The zero-order chi connectivity index (χ0) is 14.7. The van der Waals surface area contributed by atoms with Crippen molar-refractivity contribution in [2.24, 2.45) is 0 Å². The van der Waals surface area contributed by atoms with E-state index in [0.717, 1.165) is 16.4 Å². The molecule has 1 atom stereocenters. The number of carbonyl (C=O) groups excluding carboxylic acids is 1. The molecule has 0 aliphatic rings. The second-order valence-electron chi connectivity index (χ2n) is 4.31. The van der Waals surface area contributed by atoms with Gasteiger partial charge in [-0.2, -0.15) is 0 Å². The van der Waals surface area contributed by atoms with Gasteiger partial charge in [0.1, 0.15) is 5.01 Å². The third-order valence-electron chi connectivity index (χ3n) is 2.37. The molecule has 0 saturated carbocycles. The minimum absolute atomic E-state index is 0.131. The van der Waals surface area contributed by atoms with Crippen molar-refractivity contribution in [1.82, 2.24) is 20.2 Å². The number of aryl methyl sites for hydroxylation is 3. The fraction of sp³-hybridized carbons (Fsp3) is 0.417. The van der Waals surface area contributed by atoms with Crippen LogP contribution in [0.1, 0.15) is 23.3 Å². The van der Waals surface area contributed by atoms with Gasteiger partial charge in [0, 0.05) is 11.4 Å². The van der Waals surface area contributed by atoms with Gasteiger partial charge in [-0.3, -0.25) is 10.1 Å². The molecule has 2 heterocycles. The Balaban J connectivity index is 2.00. The molecule has 0 aromatic carbocycles. The standard InChI is InChI=1S/C12H15N5OS2/c1-6-5-7(2)14-11(13-6)19-8(3)10(18)15-12-17-16-9(4)20-12/h5,8H,1-4H3,(H,15,17,18). The molecule has 1 unspecified atom stereocenters. The van der Waals surface area contributed by atoms with E-state index >= 15 is 0 Å². The SMILES string of the molecule is Cc1cc(C)nc(SC(C)C(=O)Nc2nnc(C)s2)n1. The minimum Gasteiger partial charge on any atom is -0.300 e. The highest BCUT2D eigenvalue weighted by atomic mass is 32.2. The molecule has 8 heteroatoms. The predicted molar refractivity (Wildman–Crippen MR) is 80.1 cm³/mol. The smallest absolute Gasteiger partial charge is 0.239 e. The molecule has 2 aromatic rings. The van der Waals surface area contributed by atoms with Crippen molar-refractivity contribution in [2.45, 2.75) is 38.1 Å². The molecule has 0 spiro atoms. The van der Waals surface area contributed by atoms with Crippen LogP contribution >= 0.6 is 23.1 Å². The Labute approximate surface area is 125 Å². The van der Waals surface area contributed by atoms with Crippen LogP contribution in [0.4, 0.5) is 5.13 Å². The van der Waals surface area contributed by atoms with Gasteiger partial charge >= 0.3 is 0 Å². The van der Waals surface area contributed by atoms with E-state index in [-0.39, 0.29) is 11.2 Å². The molecule has 2 aromatic heterocycles. The van der Waals surface area contributed by atoms with Crippen molar-refractivity contribution in [3.8, 4) is 0 Å². The van der Waals surface area contributed by atoms with Crippen molar-refractivity contribution < 1.29 is 4.79 Å². The summed E-state index contributed by atoms with van der Waals surface area (Å²) in [5.74, 6) is -0.131. The molecule has 0 fully saturated rings. The quantitative estimate of drug-likeness (QED) is 0.690. The first kappa shape index (κ1) is 14.9. The van der Waals surface area contributed by atoms with Gasteiger partial charge in [-0.15, -0.1) is 10.2 Å². The van der Waals surface area contributed by atoms with Gasteiger partial charge in [0.2, 0.25) is 11.0 Å². The average molecular weight is 309 g/mol. The fourth-order valence-corrected chi connectivity index (χ4v) is 2.98. The highest BCUT2D eigenvalue weighted by Gasteiger charge is 2.17. The fourth-order valence-electron chi connectivity index (χ4n) is 1.51. The van der Waals surface area contributed by atoms with E-state index in [1.54, 1.807) is 0 Å². The number of carbonyl (C=O) groups is 1. The molecule has 0 radical (unpaired) electrons. The van der Waals surface area contributed by atoms with E-state index in [9.17, 15) is 4.79 Å². The summed E-state index contributed by atoms with van der Waals surface area (Å²) in [6, 6.07) is 1.90. The number of amides is 1. The monoisotopic (exact) mass is 309 g/mol. The Morgan fingerprint density at radius 2 is 1.90 bits per heavy atom. The first-order valence-corrected chi connectivity index (χ1v) is 7.73. The lowest BCUT2D eigenvalue weighted by Gasteiger charge is -2.09. The van der Waals surface area contributed by atoms with E-state index in [2.05, 4.69) is 25.5 Å². The van der Waals surface area contributed by atoms with Crippen molar-refractivity contribution in [2.75, 3.05) is 5.32 Å². The van der Waals surface area contributed by atoms with Crippen LogP contribution in [-0.4, -0.2) is 31.3 Å². The predicted octanol–water partition coefficient (Wildman–Crippen LogP) is 2.37. The van der Waals surface area contributed by atoms with E-state index in [1.807, 2.05) is 33.8 Å². The summed E-state index contributed by atoms with van der Waals surface area (Å²) in [5.41, 5.74) is 1.79. The van der Waals surface area contributed by atoms with E-state index in [4.69, 9.17) is 0 Å². The minimum atomic E-state index is -0.305. The lowest BCUT2D eigenvalue weighted by molar-refractivity contribution is -0.115. The highest BCUT2D eigenvalue weighted by molar-refractivity contribution is 8.00. The molecule has 0 aliphatic heterocycles. The van der Waals surface area contributed by atoms with Crippen LogP contribution in [0, 0.1) is 20.8 Å². The summed E-state index contributed by atoms with van der Waals surface area (Å²) in [4.78, 5) is 20.7. The molecule has 106 valence electrons. The van der Waals surface area contributed by atoms with Gasteiger partial charge in [0.15, 0.2) is 5.16 Å². The van der Waals surface area contributed by atoms with Crippen LogP contribution in [0.2, 0.25) is 0 Å². The summed E-state index contributed by atoms with van der Waals surface area (Å²) in [6.07, 6.45) is 0. The lowest BCUT2D eigenvalue weighted by atomic mass is 10.4. The first-order chi connectivity index (χ1) is 9.44. The third-order valence-corrected chi connectivity index (χ3v) is 4.08. The summed E-state index contributed by atoms with van der Waals surface area (Å²) in [5, 5.41) is 12.1. The van der Waals surface area contributed by atoms with Gasteiger partial charge in [-0.05, 0) is 33.8 Å². The normalized spacial score (nSPS) is 12.2. The van der Waals surface area contributed by atoms with Crippen molar-refractivity contribution in [3.05, 3.63) is 22.5 Å². The molecular formula is C12H15N5OS2. The number of hydrogen-bond acceptors (Lipinski definition) is 7. The molecule has 0 aliphatic carbocycles. The maximum Gasteiger partial charge on any atom is 0.239 e. The van der Waals surface area contributed by atoms with E-state index in [0.29, 0.717) is 10.3 Å². The number of nitrogens with one attached hydrogen (secondary N) is 1. The van der Waals surface area contributed by atoms with Crippen molar-refractivity contribution in [1.29, 1.82) is 0 Å². The third kappa shape index (κ3) is 3.97. The van der Waals surface area contributed by atoms with Gasteiger partial charge in [0.25, 0.3) is 0 Å². The van der Waals surface area contributed by atoms with Crippen LogP contribution in [0.3, 0.4) is 0 Å². The maximum absolute atomic E-state index is 12.0. The van der Waals surface area contributed by atoms with Crippen LogP contribution in [-0.2, 0) is 4.79 Å². The molecule has 6 nitrogen and oxygen atoms in total. The Kier molecular flexibility index (Phi) is 4.66. The number of anilines is 1. The number of hydrogen-bond donors (Lipinski definition) is 1. The summed E-state index contributed by atoms with van der Waals surface area (Å²) in [7, 11) is 0. The van der Waals surface area contributed by atoms with E-state index in [1.165, 1.54) is 23.1 Å². The summed E-state index contributed by atoms with van der Waals surface area (Å²) < 4.78 is 0. The van der Waals surface area contributed by atoms with Crippen LogP contribution < -0.4 is 5.32 Å². The average Bonchev–Trinajstić information content (AvgIpc) is 2.73. The van der Waals surface area contributed by atoms with E-state index < -0.39 is 0 Å². The molecule has 20 heavy (non-hydrogen) atoms. The molecule has 2 rings (SSSR count). The van der Waals surface area contributed by atoms with Crippen LogP contribution in [0.5, 0.6) is 0 Å². The lowest BCUT2D eigenvalue weighted by Crippen LogP contribution is -2.22.